The quantitative estimate of drug-likeness (QED) is 0.901. The molecule has 1 atom stereocenters. The molecule has 0 amide bonds. The molecule has 1 aromatic rings. The van der Waals surface area contributed by atoms with Crippen molar-refractivity contribution in [1.82, 2.24) is 0 Å². The molecule has 0 saturated carbocycles. The summed E-state index contributed by atoms with van der Waals surface area (Å²) in [6.45, 7) is 3.93. The van der Waals surface area contributed by atoms with E-state index >= 15 is 0 Å². The van der Waals surface area contributed by atoms with Crippen LogP contribution in [0.25, 0.3) is 0 Å². The van der Waals surface area contributed by atoms with E-state index in [9.17, 15) is 4.79 Å². The summed E-state index contributed by atoms with van der Waals surface area (Å²) in [6, 6.07) is 5.99. The first-order valence-electron chi connectivity index (χ1n) is 4.48. The van der Waals surface area contributed by atoms with Crippen LogP contribution < -0.4 is 0 Å². The van der Waals surface area contributed by atoms with Crippen molar-refractivity contribution in [3.05, 3.63) is 33.8 Å². The summed E-state index contributed by atoms with van der Waals surface area (Å²) in [4.78, 5) is 10.6. The highest BCUT2D eigenvalue weighted by Gasteiger charge is 2.12. The topological polar surface area (TPSA) is 37.3 Å². The van der Waals surface area contributed by atoms with E-state index in [1.165, 1.54) is 0 Å². The Bertz CT molecular complexity index is 347. The molecule has 3 heteroatoms. The van der Waals surface area contributed by atoms with Gasteiger partial charge in [-0.15, -0.1) is 0 Å². The van der Waals surface area contributed by atoms with Crippen LogP contribution in [0.15, 0.2) is 22.7 Å². The Hall–Kier alpha value is -0.830. The fourth-order valence-corrected chi connectivity index (χ4v) is 2.05. The Balaban J connectivity index is 2.93. The number of aryl methyl sites for hydroxylation is 1. The van der Waals surface area contributed by atoms with E-state index in [0.29, 0.717) is 0 Å². The molecule has 1 rings (SSSR count). The van der Waals surface area contributed by atoms with E-state index in [1.54, 1.807) is 0 Å². The lowest BCUT2D eigenvalue weighted by Crippen LogP contribution is -2.03. The smallest absolute Gasteiger partial charge is 0.303 e. The normalized spacial score (nSPS) is 12.5. The Morgan fingerprint density at radius 3 is 2.79 bits per heavy atom. The molecule has 0 aromatic heterocycles. The number of carboxylic acid groups (broad SMARTS) is 1. The number of hydrogen-bond donors (Lipinski definition) is 1. The molecule has 76 valence electrons. The summed E-state index contributed by atoms with van der Waals surface area (Å²) in [5.74, 6) is -0.715. The van der Waals surface area contributed by atoms with Gasteiger partial charge in [0.1, 0.15) is 0 Å². The van der Waals surface area contributed by atoms with E-state index in [-0.39, 0.29) is 12.3 Å². The van der Waals surface area contributed by atoms with Gasteiger partial charge in [0, 0.05) is 4.47 Å². The van der Waals surface area contributed by atoms with Crippen LogP contribution >= 0.6 is 15.9 Å². The molecule has 0 bridgehead atoms. The molecule has 0 fully saturated rings. The molecule has 0 aliphatic rings. The van der Waals surface area contributed by atoms with Gasteiger partial charge in [0.15, 0.2) is 0 Å². The maximum atomic E-state index is 10.6. The van der Waals surface area contributed by atoms with Crippen LogP contribution in [0.2, 0.25) is 0 Å². The van der Waals surface area contributed by atoms with Gasteiger partial charge in [0.25, 0.3) is 0 Å². The highest BCUT2D eigenvalue weighted by molar-refractivity contribution is 9.10. The number of rotatable bonds is 3. The number of aliphatic carboxylic acids is 1. The predicted molar refractivity (Wildman–Crippen MR) is 59.5 cm³/mol. The third-order valence-corrected chi connectivity index (χ3v) is 2.89. The highest BCUT2D eigenvalue weighted by Crippen LogP contribution is 2.27. The lowest BCUT2D eigenvalue weighted by molar-refractivity contribution is -0.137. The number of carbonyl (C=O) groups is 1. The minimum atomic E-state index is -0.758. The van der Waals surface area contributed by atoms with Crippen LogP contribution in [-0.4, -0.2) is 11.1 Å². The fraction of sp³-hybridized carbons (Fsp3) is 0.364. The zero-order valence-electron chi connectivity index (χ0n) is 8.25. The molecule has 0 spiro atoms. The lowest BCUT2D eigenvalue weighted by Gasteiger charge is -2.12. The summed E-state index contributed by atoms with van der Waals surface area (Å²) in [5, 5.41) is 8.69. The Kier molecular flexibility index (Phi) is 3.69. The summed E-state index contributed by atoms with van der Waals surface area (Å²) in [7, 11) is 0. The van der Waals surface area contributed by atoms with Gasteiger partial charge in [0.2, 0.25) is 0 Å². The monoisotopic (exact) mass is 256 g/mol. The van der Waals surface area contributed by atoms with Crippen molar-refractivity contribution in [3.8, 4) is 0 Å². The number of carboxylic acids is 1. The number of hydrogen-bond acceptors (Lipinski definition) is 1. The number of halogens is 1. The first-order chi connectivity index (χ1) is 6.50. The third-order valence-electron chi connectivity index (χ3n) is 2.16. The van der Waals surface area contributed by atoms with E-state index in [4.69, 9.17) is 5.11 Å². The molecule has 0 radical (unpaired) electrons. The average Bonchev–Trinajstić information content (AvgIpc) is 2.08. The zero-order valence-corrected chi connectivity index (χ0v) is 9.84. The predicted octanol–water partition coefficient (Wildman–Crippen LogP) is 3.34. The Morgan fingerprint density at radius 2 is 2.21 bits per heavy atom. The van der Waals surface area contributed by atoms with Crippen molar-refractivity contribution in [1.29, 1.82) is 0 Å². The van der Waals surface area contributed by atoms with Crippen molar-refractivity contribution in [2.45, 2.75) is 26.2 Å². The fourth-order valence-electron chi connectivity index (χ4n) is 1.41. The molecule has 1 unspecified atom stereocenters. The van der Waals surface area contributed by atoms with E-state index in [2.05, 4.69) is 15.9 Å². The van der Waals surface area contributed by atoms with Crippen molar-refractivity contribution >= 4 is 21.9 Å². The molecule has 0 saturated heterocycles. The molecule has 1 N–H and O–H groups in total. The van der Waals surface area contributed by atoms with Crippen molar-refractivity contribution in [2.75, 3.05) is 0 Å². The van der Waals surface area contributed by atoms with E-state index in [0.717, 1.165) is 15.6 Å². The number of benzene rings is 1. The van der Waals surface area contributed by atoms with Crippen molar-refractivity contribution in [2.24, 2.45) is 0 Å². The Morgan fingerprint density at radius 1 is 1.57 bits per heavy atom. The summed E-state index contributed by atoms with van der Waals surface area (Å²) in [6.07, 6.45) is 0.169. The van der Waals surface area contributed by atoms with E-state index < -0.39 is 5.97 Å². The first-order valence-corrected chi connectivity index (χ1v) is 5.28. The highest BCUT2D eigenvalue weighted by atomic mass is 79.9. The molecular formula is C11H13BrO2. The van der Waals surface area contributed by atoms with Gasteiger partial charge in [0.05, 0.1) is 6.42 Å². The largest absolute Gasteiger partial charge is 0.481 e. The minimum Gasteiger partial charge on any atom is -0.481 e. The van der Waals surface area contributed by atoms with Crippen LogP contribution in [0.3, 0.4) is 0 Å². The SMILES string of the molecule is Cc1ccc(Br)c(C(C)CC(=O)O)c1. The van der Waals surface area contributed by atoms with Crippen LogP contribution in [0.4, 0.5) is 0 Å². The average molecular weight is 257 g/mol. The molecule has 0 aliphatic heterocycles. The minimum absolute atomic E-state index is 0.0433. The molecule has 1 aromatic carbocycles. The van der Waals surface area contributed by atoms with Crippen molar-refractivity contribution in [3.63, 3.8) is 0 Å². The first kappa shape index (κ1) is 11.2. The van der Waals surface area contributed by atoms with E-state index in [1.807, 2.05) is 32.0 Å². The maximum Gasteiger partial charge on any atom is 0.303 e. The standard InChI is InChI=1S/C11H13BrO2/c1-7-3-4-10(12)9(5-7)8(2)6-11(13)14/h3-5,8H,6H2,1-2H3,(H,13,14). The van der Waals surface area contributed by atoms with Gasteiger partial charge in [-0.1, -0.05) is 40.5 Å². The summed E-state index contributed by atoms with van der Waals surface area (Å²) in [5.41, 5.74) is 2.22. The molecule has 0 aliphatic carbocycles. The van der Waals surface area contributed by atoms with Crippen LogP contribution in [0, 0.1) is 6.92 Å². The molecule has 14 heavy (non-hydrogen) atoms. The molecular weight excluding hydrogens is 244 g/mol. The van der Waals surface area contributed by atoms with Crippen LogP contribution in [0.1, 0.15) is 30.4 Å². The zero-order chi connectivity index (χ0) is 10.7. The van der Waals surface area contributed by atoms with Crippen LogP contribution in [0.5, 0.6) is 0 Å². The summed E-state index contributed by atoms with van der Waals surface area (Å²) < 4.78 is 0.983. The van der Waals surface area contributed by atoms with Crippen molar-refractivity contribution < 1.29 is 9.90 Å². The maximum absolute atomic E-state index is 10.6. The van der Waals surface area contributed by atoms with Gasteiger partial charge in [-0.2, -0.15) is 0 Å². The van der Waals surface area contributed by atoms with Gasteiger partial charge < -0.3 is 5.11 Å². The molecule has 2 nitrogen and oxygen atoms in total. The second-order valence-corrected chi connectivity index (χ2v) is 4.38. The van der Waals surface area contributed by atoms with Gasteiger partial charge in [-0.05, 0) is 24.5 Å². The van der Waals surface area contributed by atoms with Crippen LogP contribution in [-0.2, 0) is 4.79 Å². The Labute approximate surface area is 92.1 Å². The summed E-state index contributed by atoms with van der Waals surface area (Å²) >= 11 is 3.43. The lowest BCUT2D eigenvalue weighted by atomic mass is 9.96. The third kappa shape index (κ3) is 2.84. The van der Waals surface area contributed by atoms with Gasteiger partial charge >= 0.3 is 5.97 Å². The van der Waals surface area contributed by atoms with Gasteiger partial charge in [-0.25, -0.2) is 0 Å². The second kappa shape index (κ2) is 4.60. The second-order valence-electron chi connectivity index (χ2n) is 3.52. The molecule has 0 heterocycles. The van der Waals surface area contributed by atoms with Gasteiger partial charge in [-0.3, -0.25) is 4.79 Å².